The zero-order valence-corrected chi connectivity index (χ0v) is 14.8. The molecule has 1 aromatic rings. The zero-order chi connectivity index (χ0) is 17.9. The van der Waals surface area contributed by atoms with Gasteiger partial charge in [-0.1, -0.05) is 0 Å². The van der Waals surface area contributed by atoms with Gasteiger partial charge in [-0.3, -0.25) is 5.32 Å². The summed E-state index contributed by atoms with van der Waals surface area (Å²) in [6.07, 6.45) is -0.559. The van der Waals surface area contributed by atoms with Crippen molar-refractivity contribution in [2.75, 3.05) is 11.9 Å². The number of benzene rings is 1. The maximum Gasteiger partial charge on any atom is 0.412 e. The van der Waals surface area contributed by atoms with E-state index in [4.69, 9.17) is 14.6 Å². The van der Waals surface area contributed by atoms with Gasteiger partial charge in [0.2, 0.25) is 0 Å². The van der Waals surface area contributed by atoms with E-state index >= 15 is 0 Å². The molecule has 1 aromatic carbocycles. The van der Waals surface area contributed by atoms with Gasteiger partial charge in [-0.15, -0.1) is 0 Å². The molecule has 0 atom stereocenters. The quantitative estimate of drug-likeness (QED) is 0.882. The molecule has 0 aliphatic carbocycles. The number of nitrogens with one attached hydrogen (secondary N) is 1. The Morgan fingerprint density at radius 1 is 1.00 bits per heavy atom. The van der Waals surface area contributed by atoms with Gasteiger partial charge in [-0.05, 0) is 65.2 Å². The number of amides is 1. The molecule has 0 saturated heterocycles. The summed E-state index contributed by atoms with van der Waals surface area (Å²) < 4.78 is 10.7. The first kappa shape index (κ1) is 18.8. The van der Waals surface area contributed by atoms with Gasteiger partial charge in [0, 0.05) is 5.56 Å². The predicted molar refractivity (Wildman–Crippen MR) is 88.4 cm³/mol. The average Bonchev–Trinajstić information content (AvgIpc) is 2.39. The molecule has 0 spiro atoms. The Morgan fingerprint density at radius 3 is 2.04 bits per heavy atom. The maximum absolute atomic E-state index is 12.0. The number of anilines is 1. The van der Waals surface area contributed by atoms with E-state index in [0.29, 0.717) is 17.0 Å². The molecule has 6 nitrogen and oxygen atoms in total. The fourth-order valence-corrected chi connectivity index (χ4v) is 2.26. The van der Waals surface area contributed by atoms with Gasteiger partial charge in [0.15, 0.2) is 6.61 Å². The lowest BCUT2D eigenvalue weighted by Gasteiger charge is -2.23. The second-order valence-corrected chi connectivity index (χ2v) is 6.51. The fraction of sp³-hybridized carbons (Fsp3) is 0.529. The monoisotopic (exact) mass is 323 g/mol. The molecule has 6 heteroatoms. The Labute approximate surface area is 136 Å². The molecular formula is C17H25NO5. The summed E-state index contributed by atoms with van der Waals surface area (Å²) >= 11 is 0. The SMILES string of the molecule is Cc1c(C)c(NC(=O)OC(C)(C)C)c(C)c(OCC(=O)O)c1C. The van der Waals surface area contributed by atoms with E-state index in [1.54, 1.807) is 27.7 Å². The van der Waals surface area contributed by atoms with Gasteiger partial charge in [0.25, 0.3) is 0 Å². The molecule has 0 heterocycles. The average molecular weight is 323 g/mol. The van der Waals surface area contributed by atoms with Crippen molar-refractivity contribution in [3.8, 4) is 5.75 Å². The van der Waals surface area contributed by atoms with Crippen LogP contribution < -0.4 is 10.1 Å². The van der Waals surface area contributed by atoms with E-state index in [-0.39, 0.29) is 0 Å². The van der Waals surface area contributed by atoms with Crippen molar-refractivity contribution in [2.24, 2.45) is 0 Å². The maximum atomic E-state index is 12.0. The fourth-order valence-electron chi connectivity index (χ4n) is 2.26. The van der Waals surface area contributed by atoms with Gasteiger partial charge in [-0.2, -0.15) is 0 Å². The van der Waals surface area contributed by atoms with Crippen LogP contribution in [0.3, 0.4) is 0 Å². The lowest BCUT2D eigenvalue weighted by Crippen LogP contribution is -2.28. The molecule has 1 rings (SSSR count). The van der Waals surface area contributed by atoms with E-state index in [1.807, 2.05) is 20.8 Å². The summed E-state index contributed by atoms with van der Waals surface area (Å²) in [4.78, 5) is 22.8. The van der Waals surface area contributed by atoms with E-state index in [9.17, 15) is 9.59 Å². The molecule has 0 radical (unpaired) electrons. The van der Waals surface area contributed by atoms with Gasteiger partial charge in [-0.25, -0.2) is 9.59 Å². The first-order valence-electron chi connectivity index (χ1n) is 7.39. The van der Waals surface area contributed by atoms with Gasteiger partial charge in [0.1, 0.15) is 11.4 Å². The highest BCUT2D eigenvalue weighted by Crippen LogP contribution is 2.36. The van der Waals surface area contributed by atoms with E-state index in [0.717, 1.165) is 16.7 Å². The van der Waals surface area contributed by atoms with Crippen molar-refractivity contribution in [2.45, 2.75) is 54.1 Å². The van der Waals surface area contributed by atoms with Crippen LogP contribution in [-0.4, -0.2) is 29.4 Å². The van der Waals surface area contributed by atoms with Crippen molar-refractivity contribution in [1.29, 1.82) is 0 Å². The number of carbonyl (C=O) groups is 2. The number of aliphatic carboxylic acids is 1. The summed E-state index contributed by atoms with van der Waals surface area (Å²) in [5.41, 5.74) is 3.35. The smallest absolute Gasteiger partial charge is 0.412 e. The number of carboxylic acids is 1. The first-order chi connectivity index (χ1) is 10.4. The second kappa shape index (κ2) is 6.89. The van der Waals surface area contributed by atoms with Gasteiger partial charge >= 0.3 is 12.1 Å². The third kappa shape index (κ3) is 4.87. The number of rotatable bonds is 4. The molecule has 0 aromatic heterocycles. The highest BCUT2D eigenvalue weighted by molar-refractivity contribution is 5.88. The van der Waals surface area contributed by atoms with Crippen molar-refractivity contribution in [3.63, 3.8) is 0 Å². The van der Waals surface area contributed by atoms with E-state index in [2.05, 4.69) is 5.32 Å². The Hall–Kier alpha value is -2.24. The number of carbonyl (C=O) groups excluding carboxylic acids is 1. The van der Waals surface area contributed by atoms with Gasteiger partial charge < -0.3 is 14.6 Å². The number of ether oxygens (including phenoxy) is 2. The minimum absolute atomic E-state index is 0.434. The summed E-state index contributed by atoms with van der Waals surface area (Å²) in [6, 6.07) is 0. The number of hydrogen-bond acceptors (Lipinski definition) is 4. The van der Waals surface area contributed by atoms with Crippen LogP contribution in [0, 0.1) is 27.7 Å². The van der Waals surface area contributed by atoms with Crippen molar-refractivity contribution >= 4 is 17.7 Å². The largest absolute Gasteiger partial charge is 0.481 e. The molecule has 0 saturated carbocycles. The van der Waals surface area contributed by atoms with E-state index in [1.165, 1.54) is 0 Å². The number of hydrogen-bond donors (Lipinski definition) is 2. The molecule has 0 aliphatic heterocycles. The Morgan fingerprint density at radius 2 is 1.57 bits per heavy atom. The molecular weight excluding hydrogens is 298 g/mol. The molecule has 2 N–H and O–H groups in total. The minimum atomic E-state index is -1.05. The van der Waals surface area contributed by atoms with Crippen LogP contribution in [0.4, 0.5) is 10.5 Å². The lowest BCUT2D eigenvalue weighted by atomic mass is 9.97. The highest BCUT2D eigenvalue weighted by atomic mass is 16.6. The topological polar surface area (TPSA) is 84.9 Å². The molecule has 0 fully saturated rings. The molecule has 128 valence electrons. The van der Waals surface area contributed by atoms with Crippen LogP contribution in [0.15, 0.2) is 0 Å². The number of carboxylic acid groups (broad SMARTS) is 1. The predicted octanol–water partition coefficient (Wildman–Crippen LogP) is 3.73. The highest BCUT2D eigenvalue weighted by Gasteiger charge is 2.21. The van der Waals surface area contributed by atoms with Crippen molar-refractivity contribution in [3.05, 3.63) is 22.3 Å². The van der Waals surface area contributed by atoms with Crippen LogP contribution in [0.1, 0.15) is 43.0 Å². The van der Waals surface area contributed by atoms with Crippen LogP contribution >= 0.6 is 0 Å². The molecule has 23 heavy (non-hydrogen) atoms. The van der Waals surface area contributed by atoms with Crippen LogP contribution in [-0.2, 0) is 9.53 Å². The summed E-state index contributed by atoms with van der Waals surface area (Å²) in [6.45, 7) is 12.4. The van der Waals surface area contributed by atoms with E-state index < -0.39 is 24.3 Å². The van der Waals surface area contributed by atoms with Crippen molar-refractivity contribution < 1.29 is 24.2 Å². The molecule has 1 amide bonds. The zero-order valence-electron chi connectivity index (χ0n) is 14.8. The first-order valence-corrected chi connectivity index (χ1v) is 7.39. The second-order valence-electron chi connectivity index (χ2n) is 6.51. The normalized spacial score (nSPS) is 11.1. The van der Waals surface area contributed by atoms with Crippen LogP contribution in [0.2, 0.25) is 0 Å². The lowest BCUT2D eigenvalue weighted by molar-refractivity contribution is -0.139. The van der Waals surface area contributed by atoms with Crippen LogP contribution in [0.5, 0.6) is 5.75 Å². The standard InChI is InChI=1S/C17H25NO5/c1-9-10(2)14(18-16(21)23-17(5,6)7)12(4)15(11(9)3)22-8-13(19)20/h8H2,1-7H3,(H,18,21)(H,19,20). The Balaban J connectivity index is 3.21. The van der Waals surface area contributed by atoms with Crippen LogP contribution in [0.25, 0.3) is 0 Å². The Kier molecular flexibility index (Phi) is 5.64. The Bertz CT molecular complexity index is 629. The summed E-state index contributed by atoms with van der Waals surface area (Å²) in [5, 5.41) is 11.6. The van der Waals surface area contributed by atoms with Gasteiger partial charge in [0.05, 0.1) is 5.69 Å². The van der Waals surface area contributed by atoms with Crippen molar-refractivity contribution in [1.82, 2.24) is 0 Å². The summed E-state index contributed by atoms with van der Waals surface area (Å²) in [7, 11) is 0. The third-order valence-corrected chi connectivity index (χ3v) is 3.52. The molecule has 0 aliphatic rings. The molecule has 0 unspecified atom stereocenters. The summed E-state index contributed by atoms with van der Waals surface area (Å²) in [5.74, 6) is -0.578. The third-order valence-electron chi connectivity index (χ3n) is 3.52. The minimum Gasteiger partial charge on any atom is -0.481 e. The molecule has 0 bridgehead atoms.